The van der Waals surface area contributed by atoms with Gasteiger partial charge >= 0.3 is 0 Å². The van der Waals surface area contributed by atoms with Gasteiger partial charge in [0.2, 0.25) is 0 Å². The zero-order valence-electron chi connectivity index (χ0n) is 13.5. The Morgan fingerprint density at radius 2 is 2.00 bits per heavy atom. The Bertz CT molecular complexity index is 379. The summed E-state index contributed by atoms with van der Waals surface area (Å²) in [5, 5.41) is 3.45. The third-order valence-corrected chi connectivity index (χ3v) is 3.45. The number of hydrogen-bond donors (Lipinski definition) is 1. The van der Waals surface area contributed by atoms with E-state index in [4.69, 9.17) is 4.74 Å². The van der Waals surface area contributed by atoms with Crippen molar-refractivity contribution in [2.24, 2.45) is 0 Å². The van der Waals surface area contributed by atoms with Crippen LogP contribution in [-0.4, -0.2) is 32.8 Å². The molecule has 0 unspecified atom stereocenters. The second-order valence-corrected chi connectivity index (χ2v) is 5.07. The zero-order chi connectivity index (χ0) is 14.8. The molecule has 3 nitrogen and oxygen atoms in total. The Kier molecular flexibility index (Phi) is 8.31. The van der Waals surface area contributed by atoms with E-state index in [1.165, 1.54) is 23.2 Å². The van der Waals surface area contributed by atoms with Crippen LogP contribution in [0.2, 0.25) is 0 Å². The van der Waals surface area contributed by atoms with Gasteiger partial charge in [-0.2, -0.15) is 0 Å². The number of nitrogens with one attached hydrogen (secondary N) is 1. The molecule has 0 heterocycles. The fourth-order valence-corrected chi connectivity index (χ4v) is 2.36. The smallest absolute Gasteiger partial charge is 0.0641 e. The highest BCUT2D eigenvalue weighted by molar-refractivity contribution is 5.54. The summed E-state index contributed by atoms with van der Waals surface area (Å²) >= 11 is 0. The number of benzene rings is 1. The summed E-state index contributed by atoms with van der Waals surface area (Å²) in [6.07, 6.45) is 1.18. The van der Waals surface area contributed by atoms with E-state index in [1.54, 1.807) is 0 Å². The van der Waals surface area contributed by atoms with Gasteiger partial charge in [0.1, 0.15) is 0 Å². The lowest BCUT2D eigenvalue weighted by Gasteiger charge is -2.25. The molecule has 3 heteroatoms. The first-order valence-corrected chi connectivity index (χ1v) is 7.85. The predicted octanol–water partition coefficient (Wildman–Crippen LogP) is 3.36. The first kappa shape index (κ1) is 17.0. The van der Waals surface area contributed by atoms with Gasteiger partial charge in [-0.25, -0.2) is 0 Å². The molecule has 114 valence electrons. The molecule has 0 aromatic heterocycles. The molecule has 1 aromatic rings. The SMILES string of the molecule is CCCNCc1ccc(N(CC)CCOCC)c(C)c1. The second-order valence-electron chi connectivity index (χ2n) is 5.07. The second kappa shape index (κ2) is 9.78. The monoisotopic (exact) mass is 278 g/mol. The zero-order valence-corrected chi connectivity index (χ0v) is 13.5. The normalized spacial score (nSPS) is 10.8. The van der Waals surface area contributed by atoms with Crippen LogP contribution >= 0.6 is 0 Å². The lowest BCUT2D eigenvalue weighted by molar-refractivity contribution is 0.154. The van der Waals surface area contributed by atoms with Crippen LogP contribution in [0.3, 0.4) is 0 Å². The fourth-order valence-electron chi connectivity index (χ4n) is 2.36. The van der Waals surface area contributed by atoms with Crippen LogP contribution in [-0.2, 0) is 11.3 Å². The fraction of sp³-hybridized carbons (Fsp3) is 0.647. The molecule has 20 heavy (non-hydrogen) atoms. The Morgan fingerprint density at radius 1 is 1.20 bits per heavy atom. The van der Waals surface area contributed by atoms with Gasteiger partial charge in [0.15, 0.2) is 0 Å². The van der Waals surface area contributed by atoms with Gasteiger partial charge in [-0.1, -0.05) is 19.1 Å². The first-order chi connectivity index (χ1) is 9.72. The van der Waals surface area contributed by atoms with E-state index in [-0.39, 0.29) is 0 Å². The molecule has 0 bridgehead atoms. The molecule has 1 aromatic carbocycles. The number of likely N-dealkylation sites (N-methyl/N-ethyl adjacent to an activating group) is 1. The molecule has 0 atom stereocenters. The van der Waals surface area contributed by atoms with Crippen molar-refractivity contribution < 1.29 is 4.74 Å². The predicted molar refractivity (Wildman–Crippen MR) is 87.6 cm³/mol. The summed E-state index contributed by atoms with van der Waals surface area (Å²) in [4.78, 5) is 2.38. The number of rotatable bonds is 10. The van der Waals surface area contributed by atoms with Crippen LogP contribution in [0, 0.1) is 6.92 Å². The van der Waals surface area contributed by atoms with Crippen molar-refractivity contribution in [3.63, 3.8) is 0 Å². The molecule has 0 radical (unpaired) electrons. The molecule has 0 aliphatic rings. The standard InChI is InChI=1S/C17H30N2O/c1-5-10-18-14-16-8-9-17(15(4)13-16)19(6-2)11-12-20-7-3/h8-9,13,18H,5-7,10-12,14H2,1-4H3. The Balaban J connectivity index is 2.64. The average molecular weight is 278 g/mol. The average Bonchev–Trinajstić information content (AvgIpc) is 2.45. The quantitative estimate of drug-likeness (QED) is 0.664. The number of anilines is 1. The van der Waals surface area contributed by atoms with Crippen molar-refractivity contribution in [3.05, 3.63) is 29.3 Å². The van der Waals surface area contributed by atoms with Crippen molar-refractivity contribution in [1.29, 1.82) is 0 Å². The molecule has 0 saturated heterocycles. The number of nitrogens with zero attached hydrogens (tertiary/aromatic N) is 1. The summed E-state index contributed by atoms with van der Waals surface area (Å²) in [6.45, 7) is 14.2. The van der Waals surface area contributed by atoms with E-state index in [0.29, 0.717) is 0 Å². The number of hydrogen-bond acceptors (Lipinski definition) is 3. The molecular formula is C17H30N2O. The highest BCUT2D eigenvalue weighted by Gasteiger charge is 2.07. The third-order valence-electron chi connectivity index (χ3n) is 3.45. The van der Waals surface area contributed by atoms with E-state index in [0.717, 1.165) is 39.4 Å². The molecule has 1 N–H and O–H groups in total. The molecule has 1 rings (SSSR count). The minimum absolute atomic E-state index is 0.790. The molecule has 0 spiro atoms. The summed E-state index contributed by atoms with van der Waals surface area (Å²) in [5.74, 6) is 0. The highest BCUT2D eigenvalue weighted by atomic mass is 16.5. The van der Waals surface area contributed by atoms with Gasteiger partial charge < -0.3 is 15.0 Å². The molecule has 0 amide bonds. The maximum atomic E-state index is 5.46. The molecular weight excluding hydrogens is 248 g/mol. The van der Waals surface area contributed by atoms with E-state index in [1.807, 2.05) is 6.92 Å². The van der Waals surface area contributed by atoms with Crippen LogP contribution < -0.4 is 10.2 Å². The van der Waals surface area contributed by atoms with Crippen LogP contribution in [0.4, 0.5) is 5.69 Å². The summed E-state index contributed by atoms with van der Waals surface area (Å²) in [6, 6.07) is 6.77. The highest BCUT2D eigenvalue weighted by Crippen LogP contribution is 2.21. The van der Waals surface area contributed by atoms with E-state index in [9.17, 15) is 0 Å². The minimum Gasteiger partial charge on any atom is -0.380 e. The Labute approximate surface area is 124 Å². The summed E-state index contributed by atoms with van der Waals surface area (Å²) in [7, 11) is 0. The Hall–Kier alpha value is -1.06. The van der Waals surface area contributed by atoms with Gasteiger partial charge in [0.25, 0.3) is 0 Å². The van der Waals surface area contributed by atoms with Crippen molar-refractivity contribution >= 4 is 5.69 Å². The first-order valence-electron chi connectivity index (χ1n) is 7.85. The summed E-state index contributed by atoms with van der Waals surface area (Å²) < 4.78 is 5.46. The molecule has 0 aliphatic carbocycles. The maximum absolute atomic E-state index is 5.46. The van der Waals surface area contributed by atoms with Crippen molar-refractivity contribution in [1.82, 2.24) is 5.32 Å². The van der Waals surface area contributed by atoms with Gasteiger partial charge in [0.05, 0.1) is 6.61 Å². The van der Waals surface area contributed by atoms with Crippen LogP contribution in [0.15, 0.2) is 18.2 Å². The lowest BCUT2D eigenvalue weighted by atomic mass is 10.1. The van der Waals surface area contributed by atoms with Crippen LogP contribution in [0.1, 0.15) is 38.3 Å². The van der Waals surface area contributed by atoms with Gasteiger partial charge in [-0.15, -0.1) is 0 Å². The van der Waals surface area contributed by atoms with Gasteiger partial charge in [-0.3, -0.25) is 0 Å². The van der Waals surface area contributed by atoms with Gasteiger partial charge in [0, 0.05) is 31.9 Å². The van der Waals surface area contributed by atoms with Gasteiger partial charge in [-0.05, 0) is 50.9 Å². The lowest BCUT2D eigenvalue weighted by Crippen LogP contribution is -2.28. The molecule has 0 fully saturated rings. The third kappa shape index (κ3) is 5.51. The molecule has 0 saturated carbocycles. The largest absolute Gasteiger partial charge is 0.380 e. The number of aryl methyl sites for hydroxylation is 1. The van der Waals surface area contributed by atoms with Crippen LogP contribution in [0.5, 0.6) is 0 Å². The minimum atomic E-state index is 0.790. The van der Waals surface area contributed by atoms with Crippen LogP contribution in [0.25, 0.3) is 0 Å². The summed E-state index contributed by atoms with van der Waals surface area (Å²) in [5.41, 5.74) is 4.03. The Morgan fingerprint density at radius 3 is 2.60 bits per heavy atom. The maximum Gasteiger partial charge on any atom is 0.0641 e. The van der Waals surface area contributed by atoms with E-state index in [2.05, 4.69) is 49.2 Å². The topological polar surface area (TPSA) is 24.5 Å². The van der Waals surface area contributed by atoms with E-state index < -0.39 is 0 Å². The molecule has 0 aliphatic heterocycles. The van der Waals surface area contributed by atoms with Crippen molar-refractivity contribution in [2.45, 2.75) is 40.7 Å². The van der Waals surface area contributed by atoms with E-state index >= 15 is 0 Å². The van der Waals surface area contributed by atoms with Crippen molar-refractivity contribution in [3.8, 4) is 0 Å². The van der Waals surface area contributed by atoms with Crippen molar-refractivity contribution in [2.75, 3.05) is 37.7 Å². The number of ether oxygens (including phenoxy) is 1.